The molecule has 0 saturated carbocycles. The summed E-state index contributed by atoms with van der Waals surface area (Å²) in [7, 11) is 3.59. The fraction of sp³-hybridized carbons (Fsp3) is 0.357. The Kier molecular flexibility index (Phi) is 5.22. The average molecular weight is 332 g/mol. The minimum Gasteiger partial charge on any atom is -0.375 e. The van der Waals surface area contributed by atoms with Crippen molar-refractivity contribution in [2.75, 3.05) is 12.4 Å². The van der Waals surface area contributed by atoms with E-state index in [1.807, 2.05) is 31.5 Å². The van der Waals surface area contributed by atoms with Gasteiger partial charge in [-0.1, -0.05) is 0 Å². The lowest BCUT2D eigenvalue weighted by atomic mass is 10.2. The third kappa shape index (κ3) is 4.46. The quantitative estimate of drug-likeness (QED) is 0.482. The van der Waals surface area contributed by atoms with Crippen molar-refractivity contribution >= 4 is 29.5 Å². The number of nitrogens with zero attached hydrogens (tertiary/aromatic N) is 6. The molecule has 0 amide bonds. The van der Waals surface area contributed by atoms with Crippen LogP contribution in [0.3, 0.4) is 0 Å². The second-order valence-corrected chi connectivity index (χ2v) is 5.72. The molecule has 0 aliphatic carbocycles. The topological polar surface area (TPSA) is 97.3 Å². The van der Waals surface area contributed by atoms with E-state index in [1.165, 1.54) is 5.01 Å². The Labute approximate surface area is 140 Å². The molecule has 8 nitrogen and oxygen atoms in total. The van der Waals surface area contributed by atoms with Gasteiger partial charge in [0.05, 0.1) is 35.8 Å². The maximum Gasteiger partial charge on any atom is 0.224 e. The molecule has 9 heteroatoms. The van der Waals surface area contributed by atoms with Gasteiger partial charge in [0.15, 0.2) is 5.11 Å². The first-order valence-electron chi connectivity index (χ1n) is 7.06. The molecule has 0 aromatic carbocycles. The molecule has 3 N–H and O–H groups in total. The van der Waals surface area contributed by atoms with Gasteiger partial charge in [0.25, 0.3) is 0 Å². The van der Waals surface area contributed by atoms with E-state index in [9.17, 15) is 0 Å². The highest BCUT2D eigenvalue weighted by atomic mass is 32.1. The van der Waals surface area contributed by atoms with Crippen LogP contribution in [0.5, 0.6) is 0 Å². The fourth-order valence-electron chi connectivity index (χ4n) is 1.79. The lowest BCUT2D eigenvalue weighted by molar-refractivity contribution is 0.552. The van der Waals surface area contributed by atoms with Crippen LogP contribution in [-0.2, 0) is 7.05 Å². The Morgan fingerprint density at radius 1 is 1.48 bits per heavy atom. The molecule has 2 heterocycles. The summed E-state index contributed by atoms with van der Waals surface area (Å²) in [6.07, 6.45) is 5.07. The molecule has 2 rings (SSSR count). The molecule has 0 radical (unpaired) electrons. The van der Waals surface area contributed by atoms with Crippen LogP contribution in [0.25, 0.3) is 11.4 Å². The van der Waals surface area contributed by atoms with Crippen molar-refractivity contribution in [3.05, 3.63) is 24.3 Å². The van der Waals surface area contributed by atoms with Crippen molar-refractivity contribution < 1.29 is 0 Å². The van der Waals surface area contributed by atoms with E-state index < -0.39 is 0 Å². The lowest BCUT2D eigenvalue weighted by Gasteiger charge is -2.12. The van der Waals surface area contributed by atoms with Gasteiger partial charge in [-0.2, -0.15) is 5.10 Å². The van der Waals surface area contributed by atoms with Crippen molar-refractivity contribution in [1.82, 2.24) is 24.5 Å². The lowest BCUT2D eigenvalue weighted by Crippen LogP contribution is -2.27. The van der Waals surface area contributed by atoms with Crippen molar-refractivity contribution in [3.63, 3.8) is 0 Å². The average Bonchev–Trinajstić information content (AvgIpc) is 2.89. The summed E-state index contributed by atoms with van der Waals surface area (Å²) in [6.45, 7) is 4.04. The van der Waals surface area contributed by atoms with E-state index >= 15 is 0 Å². The Bertz CT molecular complexity index is 721. The SMILES string of the molecule is CC(C)Nc1nc(C=NN(C)C(N)=S)cc(-c2cncn2C)n1. The smallest absolute Gasteiger partial charge is 0.224 e. The summed E-state index contributed by atoms with van der Waals surface area (Å²) < 4.78 is 1.89. The van der Waals surface area contributed by atoms with E-state index in [2.05, 4.69) is 25.4 Å². The number of hydrazone groups is 1. The highest BCUT2D eigenvalue weighted by molar-refractivity contribution is 7.80. The molecule has 2 aromatic heterocycles. The molecule has 0 atom stereocenters. The molecule has 122 valence electrons. The molecular formula is C14H20N8S. The number of hydrogen-bond acceptors (Lipinski definition) is 6. The summed E-state index contributed by atoms with van der Waals surface area (Å²) in [4.78, 5) is 13.1. The van der Waals surface area contributed by atoms with Gasteiger partial charge in [-0.15, -0.1) is 0 Å². The van der Waals surface area contributed by atoms with E-state index in [1.54, 1.807) is 25.8 Å². The molecule has 0 fully saturated rings. The van der Waals surface area contributed by atoms with Crippen LogP contribution in [-0.4, -0.2) is 48.9 Å². The zero-order valence-corrected chi connectivity index (χ0v) is 14.4. The molecule has 0 saturated heterocycles. The van der Waals surface area contributed by atoms with Gasteiger partial charge < -0.3 is 15.6 Å². The van der Waals surface area contributed by atoms with E-state index in [-0.39, 0.29) is 11.2 Å². The second-order valence-electron chi connectivity index (χ2n) is 5.30. The predicted octanol–water partition coefficient (Wildman–Crippen LogP) is 1.21. The summed E-state index contributed by atoms with van der Waals surface area (Å²) in [6, 6.07) is 2.04. The number of imidazole rings is 1. The number of nitrogens with one attached hydrogen (secondary N) is 1. The van der Waals surface area contributed by atoms with Gasteiger partial charge in [-0.3, -0.25) is 0 Å². The number of rotatable bonds is 5. The molecule has 0 aliphatic heterocycles. The Balaban J connectivity index is 2.41. The highest BCUT2D eigenvalue weighted by Gasteiger charge is 2.10. The maximum absolute atomic E-state index is 5.51. The van der Waals surface area contributed by atoms with E-state index in [0.29, 0.717) is 11.6 Å². The Morgan fingerprint density at radius 2 is 2.22 bits per heavy atom. The molecule has 0 bridgehead atoms. The third-order valence-electron chi connectivity index (χ3n) is 2.93. The number of hydrogen-bond donors (Lipinski definition) is 2. The summed E-state index contributed by atoms with van der Waals surface area (Å²) in [5.41, 5.74) is 7.79. The minimum atomic E-state index is 0.183. The van der Waals surface area contributed by atoms with Gasteiger partial charge in [0.1, 0.15) is 0 Å². The number of aromatic nitrogens is 4. The maximum atomic E-state index is 5.51. The van der Waals surface area contributed by atoms with Crippen molar-refractivity contribution in [2.24, 2.45) is 17.9 Å². The zero-order valence-electron chi connectivity index (χ0n) is 13.6. The highest BCUT2D eigenvalue weighted by Crippen LogP contribution is 2.18. The van der Waals surface area contributed by atoms with Crippen LogP contribution < -0.4 is 11.1 Å². The molecule has 0 spiro atoms. The number of anilines is 1. The summed E-state index contributed by atoms with van der Waals surface area (Å²) >= 11 is 4.86. The Hall–Kier alpha value is -2.55. The van der Waals surface area contributed by atoms with E-state index in [4.69, 9.17) is 18.0 Å². The second kappa shape index (κ2) is 7.14. The van der Waals surface area contributed by atoms with Gasteiger partial charge >= 0.3 is 0 Å². The van der Waals surface area contributed by atoms with Crippen LogP contribution in [0, 0.1) is 0 Å². The molecule has 2 aromatic rings. The number of aryl methyl sites for hydroxylation is 1. The summed E-state index contributed by atoms with van der Waals surface area (Å²) in [5, 5.41) is 8.94. The van der Waals surface area contributed by atoms with E-state index in [0.717, 1.165) is 11.4 Å². The monoisotopic (exact) mass is 332 g/mol. The molecule has 0 unspecified atom stereocenters. The van der Waals surface area contributed by atoms with Crippen molar-refractivity contribution in [3.8, 4) is 11.4 Å². The first kappa shape index (κ1) is 16.8. The standard InChI is InChI=1S/C14H20N8S/c1-9(2)18-14-19-10(6-17-22(4)13(15)23)5-11(20-14)12-7-16-8-21(12)3/h5-9H,1-4H3,(H2,15,23)(H,18,19,20). The van der Waals surface area contributed by atoms with Crippen LogP contribution >= 0.6 is 12.2 Å². The third-order valence-corrected chi connectivity index (χ3v) is 3.19. The largest absolute Gasteiger partial charge is 0.375 e. The fourth-order valence-corrected chi connectivity index (χ4v) is 1.84. The molecule has 0 aliphatic rings. The van der Waals surface area contributed by atoms with Gasteiger partial charge in [-0.25, -0.2) is 20.0 Å². The van der Waals surface area contributed by atoms with Crippen LogP contribution in [0.2, 0.25) is 0 Å². The normalized spacial score (nSPS) is 11.2. The van der Waals surface area contributed by atoms with Crippen LogP contribution in [0.15, 0.2) is 23.7 Å². The van der Waals surface area contributed by atoms with Crippen molar-refractivity contribution in [1.29, 1.82) is 0 Å². The summed E-state index contributed by atoms with van der Waals surface area (Å²) in [5.74, 6) is 0.526. The number of nitrogens with two attached hydrogens (primary N) is 1. The molecule has 23 heavy (non-hydrogen) atoms. The van der Waals surface area contributed by atoms with Crippen LogP contribution in [0.1, 0.15) is 19.5 Å². The van der Waals surface area contributed by atoms with Gasteiger partial charge in [0, 0.05) is 20.1 Å². The number of thiocarbonyl (C=S) groups is 1. The first-order chi connectivity index (χ1) is 10.9. The first-order valence-corrected chi connectivity index (χ1v) is 7.47. The van der Waals surface area contributed by atoms with Crippen LogP contribution in [0.4, 0.5) is 5.95 Å². The van der Waals surface area contributed by atoms with Crippen molar-refractivity contribution in [2.45, 2.75) is 19.9 Å². The zero-order chi connectivity index (χ0) is 17.0. The minimum absolute atomic E-state index is 0.183. The van der Waals surface area contributed by atoms with Gasteiger partial charge in [-0.05, 0) is 32.1 Å². The predicted molar refractivity (Wildman–Crippen MR) is 95.1 cm³/mol. The molecular weight excluding hydrogens is 312 g/mol. The van der Waals surface area contributed by atoms with Gasteiger partial charge in [0.2, 0.25) is 5.95 Å². The Morgan fingerprint density at radius 3 is 2.78 bits per heavy atom.